The van der Waals surface area contributed by atoms with E-state index in [0.29, 0.717) is 27.9 Å². The summed E-state index contributed by atoms with van der Waals surface area (Å²) < 4.78 is 39.9. The molecular weight excluding hydrogens is 649 g/mol. The van der Waals surface area contributed by atoms with Crippen molar-refractivity contribution in [2.45, 2.75) is 50.6 Å². The molecule has 0 radical (unpaired) electrons. The minimum absolute atomic E-state index is 0.0136. The van der Waals surface area contributed by atoms with Gasteiger partial charge in [0.25, 0.3) is 10.0 Å². The van der Waals surface area contributed by atoms with Crippen molar-refractivity contribution in [3.63, 3.8) is 0 Å². The summed E-state index contributed by atoms with van der Waals surface area (Å²) >= 11 is 18.5. The van der Waals surface area contributed by atoms with Crippen molar-refractivity contribution in [3.05, 3.63) is 81.3 Å². The third-order valence-electron chi connectivity index (χ3n) is 6.89. The van der Waals surface area contributed by atoms with Crippen LogP contribution in [0.1, 0.15) is 38.7 Å². The fourth-order valence-corrected chi connectivity index (χ4v) is 6.38. The molecule has 2 amide bonds. The number of anilines is 1. The second-order valence-corrected chi connectivity index (χ2v) is 13.0. The summed E-state index contributed by atoms with van der Waals surface area (Å²) in [4.78, 5) is 28.8. The van der Waals surface area contributed by atoms with Crippen LogP contribution in [-0.4, -0.2) is 58.5 Å². The van der Waals surface area contributed by atoms with Gasteiger partial charge in [0.1, 0.15) is 12.6 Å². The summed E-state index contributed by atoms with van der Waals surface area (Å²) in [6, 6.07) is 14.3. The molecule has 13 heteroatoms. The first-order chi connectivity index (χ1) is 21.0. The number of amides is 2. The lowest BCUT2D eigenvalue weighted by Gasteiger charge is -2.33. The molecule has 0 saturated heterocycles. The van der Waals surface area contributed by atoms with Crippen molar-refractivity contribution < 1.29 is 27.5 Å². The number of hydrogen-bond donors (Lipinski definition) is 1. The third-order valence-corrected chi connectivity index (χ3v) is 9.65. The number of ether oxygens (including phenoxy) is 2. The van der Waals surface area contributed by atoms with Crippen LogP contribution >= 0.6 is 34.8 Å². The van der Waals surface area contributed by atoms with Gasteiger partial charge in [-0.15, -0.1) is 0 Å². The predicted octanol–water partition coefficient (Wildman–Crippen LogP) is 6.58. The Labute approximate surface area is 274 Å². The van der Waals surface area contributed by atoms with E-state index < -0.39 is 28.5 Å². The lowest BCUT2D eigenvalue weighted by molar-refractivity contribution is -0.140. The monoisotopic (exact) mass is 683 g/mol. The lowest BCUT2D eigenvalue weighted by atomic mass is 10.1. The van der Waals surface area contributed by atoms with Crippen LogP contribution in [-0.2, 0) is 26.2 Å². The molecule has 0 aliphatic heterocycles. The molecule has 0 heterocycles. The predicted molar refractivity (Wildman–Crippen MR) is 175 cm³/mol. The molecule has 1 N–H and O–H groups in total. The summed E-state index contributed by atoms with van der Waals surface area (Å²) in [5.41, 5.74) is 0.820. The normalized spacial score (nSPS) is 11.9. The van der Waals surface area contributed by atoms with Gasteiger partial charge in [0.15, 0.2) is 11.5 Å². The minimum Gasteiger partial charge on any atom is -0.493 e. The van der Waals surface area contributed by atoms with Crippen LogP contribution in [0.2, 0.25) is 15.1 Å². The Morgan fingerprint density at radius 1 is 0.886 bits per heavy atom. The van der Waals surface area contributed by atoms with E-state index in [2.05, 4.69) is 5.32 Å². The first kappa shape index (κ1) is 35.3. The smallest absolute Gasteiger partial charge is 0.264 e. The van der Waals surface area contributed by atoms with Crippen LogP contribution in [0.25, 0.3) is 0 Å². The summed E-state index contributed by atoms with van der Waals surface area (Å²) in [6.07, 6.45) is 1.94. The van der Waals surface area contributed by atoms with Gasteiger partial charge in [0.05, 0.1) is 34.8 Å². The minimum atomic E-state index is -4.34. The quantitative estimate of drug-likeness (QED) is 0.181. The Hall–Kier alpha value is -3.18. The number of hydrogen-bond acceptors (Lipinski definition) is 6. The van der Waals surface area contributed by atoms with E-state index in [-0.39, 0.29) is 40.2 Å². The fourth-order valence-electron chi connectivity index (χ4n) is 4.50. The van der Waals surface area contributed by atoms with Crippen LogP contribution in [0.4, 0.5) is 5.69 Å². The van der Waals surface area contributed by atoms with Crippen molar-refractivity contribution in [1.29, 1.82) is 0 Å². The van der Waals surface area contributed by atoms with E-state index >= 15 is 0 Å². The van der Waals surface area contributed by atoms with Crippen molar-refractivity contribution >= 4 is 62.3 Å². The van der Waals surface area contributed by atoms with Gasteiger partial charge in [0, 0.05) is 24.2 Å². The number of sulfonamides is 1. The molecule has 3 aromatic rings. The van der Waals surface area contributed by atoms with E-state index in [1.54, 1.807) is 25.1 Å². The zero-order chi connectivity index (χ0) is 32.4. The molecule has 0 saturated carbocycles. The van der Waals surface area contributed by atoms with Gasteiger partial charge in [-0.3, -0.25) is 13.9 Å². The lowest BCUT2D eigenvalue weighted by Crippen LogP contribution is -2.52. The number of carbonyl (C=O) groups is 2. The average Bonchev–Trinajstić information content (AvgIpc) is 3.01. The average molecular weight is 685 g/mol. The second-order valence-electron chi connectivity index (χ2n) is 9.84. The number of benzene rings is 3. The van der Waals surface area contributed by atoms with Crippen molar-refractivity contribution in [3.8, 4) is 11.5 Å². The molecule has 238 valence electrons. The Kier molecular flexibility index (Phi) is 13.0. The van der Waals surface area contributed by atoms with Gasteiger partial charge in [-0.05, 0) is 66.9 Å². The molecule has 1 unspecified atom stereocenters. The van der Waals surface area contributed by atoms with Crippen LogP contribution in [0.5, 0.6) is 11.5 Å². The highest BCUT2D eigenvalue weighted by atomic mass is 35.5. The highest BCUT2D eigenvalue weighted by Crippen LogP contribution is 2.33. The Bertz CT molecular complexity index is 1550. The molecule has 3 aromatic carbocycles. The third kappa shape index (κ3) is 8.72. The van der Waals surface area contributed by atoms with E-state index in [4.69, 9.17) is 44.3 Å². The van der Waals surface area contributed by atoms with Crippen LogP contribution in [0.3, 0.4) is 0 Å². The van der Waals surface area contributed by atoms with Gasteiger partial charge in [-0.2, -0.15) is 0 Å². The first-order valence-corrected chi connectivity index (χ1v) is 16.6. The molecule has 0 aliphatic carbocycles. The van der Waals surface area contributed by atoms with Crippen molar-refractivity contribution in [1.82, 2.24) is 10.2 Å². The molecule has 1 atom stereocenters. The standard InChI is InChI=1S/C31H36Cl3N3O6S/c1-5-7-16-35-31(39)27(6-2)36(19-21-8-14-25(33)26(34)17-21)30(38)20-37(23-11-9-22(32)10-12-23)44(40,41)24-13-15-28(42-3)29(18-24)43-4/h8-15,17-18,27H,5-7,16,19-20H2,1-4H3,(H,35,39). The van der Waals surface area contributed by atoms with Gasteiger partial charge in [0.2, 0.25) is 11.8 Å². The van der Waals surface area contributed by atoms with Gasteiger partial charge >= 0.3 is 0 Å². The van der Waals surface area contributed by atoms with Gasteiger partial charge in [-0.25, -0.2) is 8.42 Å². The summed E-state index contributed by atoms with van der Waals surface area (Å²) in [5, 5.41) is 3.91. The molecular formula is C31H36Cl3N3O6S. The first-order valence-electron chi connectivity index (χ1n) is 14.0. The van der Waals surface area contributed by atoms with E-state index in [0.717, 1.165) is 17.1 Å². The van der Waals surface area contributed by atoms with Crippen LogP contribution in [0.15, 0.2) is 65.6 Å². The highest BCUT2D eigenvalue weighted by molar-refractivity contribution is 7.92. The molecule has 0 aromatic heterocycles. The zero-order valence-corrected chi connectivity index (χ0v) is 28.1. The molecule has 0 aliphatic rings. The number of halogens is 3. The molecule has 3 rings (SSSR count). The van der Waals surface area contributed by atoms with Gasteiger partial charge < -0.3 is 19.7 Å². The summed E-state index contributed by atoms with van der Waals surface area (Å²) in [6.45, 7) is 3.62. The maximum Gasteiger partial charge on any atom is 0.264 e. The number of nitrogens with zero attached hydrogens (tertiary/aromatic N) is 2. The molecule has 44 heavy (non-hydrogen) atoms. The largest absolute Gasteiger partial charge is 0.493 e. The van der Waals surface area contributed by atoms with Crippen LogP contribution in [0, 0.1) is 0 Å². The second kappa shape index (κ2) is 16.2. The highest BCUT2D eigenvalue weighted by Gasteiger charge is 2.34. The SMILES string of the molecule is CCCCNC(=O)C(CC)N(Cc1ccc(Cl)c(Cl)c1)C(=O)CN(c1ccc(Cl)cc1)S(=O)(=O)c1ccc(OC)c(OC)c1. The fraction of sp³-hybridized carbons (Fsp3) is 0.355. The molecule has 0 fully saturated rings. The molecule has 0 bridgehead atoms. The molecule has 9 nitrogen and oxygen atoms in total. The number of nitrogens with one attached hydrogen (secondary N) is 1. The maximum absolute atomic E-state index is 14.2. The summed E-state index contributed by atoms with van der Waals surface area (Å²) in [7, 11) is -1.51. The Morgan fingerprint density at radius 2 is 1.57 bits per heavy atom. The number of unbranched alkanes of at least 4 members (excludes halogenated alkanes) is 1. The number of rotatable bonds is 15. The maximum atomic E-state index is 14.2. The molecule has 0 spiro atoms. The number of carbonyl (C=O) groups excluding carboxylic acids is 2. The van der Waals surface area contributed by atoms with Crippen LogP contribution < -0.4 is 19.1 Å². The van der Waals surface area contributed by atoms with E-state index in [1.165, 1.54) is 61.6 Å². The topological polar surface area (TPSA) is 105 Å². The van der Waals surface area contributed by atoms with Crippen molar-refractivity contribution in [2.24, 2.45) is 0 Å². The van der Waals surface area contributed by atoms with Crippen molar-refractivity contribution in [2.75, 3.05) is 31.6 Å². The zero-order valence-electron chi connectivity index (χ0n) is 25.0. The Balaban J connectivity index is 2.09. The number of methoxy groups -OCH3 is 2. The van der Waals surface area contributed by atoms with Gasteiger partial charge in [-0.1, -0.05) is 61.1 Å². The summed E-state index contributed by atoms with van der Waals surface area (Å²) in [5.74, 6) is -0.400. The van der Waals surface area contributed by atoms with E-state index in [9.17, 15) is 18.0 Å². The Morgan fingerprint density at radius 3 is 2.16 bits per heavy atom. The van der Waals surface area contributed by atoms with E-state index in [1.807, 2.05) is 6.92 Å².